The highest BCUT2D eigenvalue weighted by molar-refractivity contribution is 5.90. The highest BCUT2D eigenvalue weighted by Gasteiger charge is 2.20. The van der Waals surface area contributed by atoms with Crippen molar-refractivity contribution in [2.75, 3.05) is 11.9 Å². The normalized spacial score (nSPS) is 10.9. The van der Waals surface area contributed by atoms with Crippen molar-refractivity contribution in [2.45, 2.75) is 13.8 Å². The third-order valence-corrected chi connectivity index (χ3v) is 4.32. The summed E-state index contributed by atoms with van der Waals surface area (Å²) >= 11 is 0. The number of aryl methyl sites for hydroxylation is 1. The smallest absolute Gasteiger partial charge is 0.254 e. The van der Waals surface area contributed by atoms with Crippen LogP contribution in [-0.2, 0) is 0 Å². The summed E-state index contributed by atoms with van der Waals surface area (Å²) in [5, 5.41) is 7.94. The van der Waals surface area contributed by atoms with E-state index in [2.05, 4.69) is 27.5 Å². The molecule has 27 heavy (non-hydrogen) atoms. The van der Waals surface area contributed by atoms with E-state index in [4.69, 9.17) is 4.98 Å². The van der Waals surface area contributed by atoms with Gasteiger partial charge in [0, 0.05) is 17.7 Å². The van der Waals surface area contributed by atoms with Crippen LogP contribution in [0.25, 0.3) is 28.2 Å². The van der Waals surface area contributed by atoms with Crippen molar-refractivity contribution in [3.05, 3.63) is 66.0 Å². The molecule has 0 aliphatic heterocycles. The highest BCUT2D eigenvalue weighted by Crippen LogP contribution is 2.37. The minimum absolute atomic E-state index is 0.539. The number of carbonyl (C=O) groups is 1. The number of nitrogens with zero attached hydrogens (tertiary/aromatic N) is 4. The maximum Gasteiger partial charge on any atom is 0.254 e. The monoisotopic (exact) mass is 357 g/mol. The van der Waals surface area contributed by atoms with E-state index < -0.39 is 0 Å². The molecule has 2 heterocycles. The van der Waals surface area contributed by atoms with Gasteiger partial charge in [-0.2, -0.15) is 9.50 Å². The van der Waals surface area contributed by atoms with E-state index in [1.165, 1.54) is 0 Å². The number of carbonyl (C=O) groups excluding carboxylic acids is 1. The number of aldehydes is 1. The second kappa shape index (κ2) is 6.99. The number of hydrogen-bond donors (Lipinski definition) is 1. The lowest BCUT2D eigenvalue weighted by atomic mass is 9.99. The fraction of sp³-hybridized carbons (Fsp3) is 0.143. The predicted octanol–water partition coefficient (Wildman–Crippen LogP) is 4.01. The summed E-state index contributed by atoms with van der Waals surface area (Å²) in [6.45, 7) is 4.63. The second-order valence-electron chi connectivity index (χ2n) is 6.19. The van der Waals surface area contributed by atoms with Crippen molar-refractivity contribution in [1.82, 2.24) is 19.6 Å². The van der Waals surface area contributed by atoms with Gasteiger partial charge in [0.2, 0.25) is 0 Å². The van der Waals surface area contributed by atoms with E-state index >= 15 is 0 Å². The molecule has 0 radical (unpaired) electrons. The van der Waals surface area contributed by atoms with Crippen molar-refractivity contribution in [2.24, 2.45) is 0 Å². The standard InChI is InChI=1S/C21H19N5O/c1-3-22-20-18(16-7-5-4-6-8-16)19(17-11-9-15(13-27)10-12-17)24-21-23-14(2)25-26(20)21/h4-13,22H,3H2,1-2H3. The van der Waals surface area contributed by atoms with Gasteiger partial charge in [0.25, 0.3) is 5.78 Å². The van der Waals surface area contributed by atoms with Gasteiger partial charge in [-0.25, -0.2) is 4.98 Å². The molecule has 0 aliphatic rings. The molecule has 0 unspecified atom stereocenters. The zero-order chi connectivity index (χ0) is 18.8. The Morgan fingerprint density at radius 2 is 1.74 bits per heavy atom. The van der Waals surface area contributed by atoms with Crippen LogP contribution in [0.2, 0.25) is 0 Å². The lowest BCUT2D eigenvalue weighted by Gasteiger charge is -2.16. The maximum atomic E-state index is 11.0. The van der Waals surface area contributed by atoms with E-state index in [1.807, 2.05) is 44.2 Å². The molecule has 0 spiro atoms. The highest BCUT2D eigenvalue weighted by atomic mass is 16.1. The number of nitrogens with one attached hydrogen (secondary N) is 1. The number of fused-ring (bicyclic) bond motifs is 1. The van der Waals surface area contributed by atoms with Crippen molar-refractivity contribution in [3.63, 3.8) is 0 Å². The van der Waals surface area contributed by atoms with Crippen LogP contribution in [0.5, 0.6) is 0 Å². The van der Waals surface area contributed by atoms with Crippen LogP contribution in [0.4, 0.5) is 5.82 Å². The van der Waals surface area contributed by atoms with Gasteiger partial charge >= 0.3 is 0 Å². The summed E-state index contributed by atoms with van der Waals surface area (Å²) in [6.07, 6.45) is 0.838. The Bertz CT molecular complexity index is 1100. The molecule has 0 saturated carbocycles. The minimum atomic E-state index is 0.539. The number of rotatable bonds is 5. The minimum Gasteiger partial charge on any atom is -0.370 e. The Labute approximate surface area is 156 Å². The first-order valence-electron chi connectivity index (χ1n) is 8.83. The molecule has 1 N–H and O–H groups in total. The van der Waals surface area contributed by atoms with Crippen LogP contribution in [0.1, 0.15) is 23.1 Å². The lowest BCUT2D eigenvalue weighted by Crippen LogP contribution is -2.09. The van der Waals surface area contributed by atoms with Crippen molar-refractivity contribution >= 4 is 17.9 Å². The molecule has 0 saturated heterocycles. The Morgan fingerprint density at radius 3 is 2.41 bits per heavy atom. The SMILES string of the molecule is CCNc1c(-c2ccccc2)c(-c2ccc(C=O)cc2)nc2nc(C)nn12. The van der Waals surface area contributed by atoms with E-state index in [0.717, 1.165) is 41.0 Å². The molecule has 6 heteroatoms. The van der Waals surface area contributed by atoms with Crippen LogP contribution in [0.15, 0.2) is 54.6 Å². The summed E-state index contributed by atoms with van der Waals surface area (Å²) in [4.78, 5) is 20.3. The number of aromatic nitrogens is 4. The molecule has 0 bridgehead atoms. The average molecular weight is 357 g/mol. The van der Waals surface area contributed by atoms with Crippen LogP contribution >= 0.6 is 0 Å². The number of hydrogen-bond acceptors (Lipinski definition) is 5. The summed E-state index contributed by atoms with van der Waals surface area (Å²) in [5.74, 6) is 2.05. The molecule has 4 rings (SSSR count). The van der Waals surface area contributed by atoms with E-state index in [9.17, 15) is 4.79 Å². The first kappa shape index (κ1) is 16.9. The van der Waals surface area contributed by atoms with Gasteiger partial charge < -0.3 is 5.32 Å². The van der Waals surface area contributed by atoms with Crippen LogP contribution in [-0.4, -0.2) is 32.4 Å². The van der Waals surface area contributed by atoms with E-state index in [0.29, 0.717) is 17.2 Å². The van der Waals surface area contributed by atoms with Crippen LogP contribution in [0.3, 0.4) is 0 Å². The molecule has 2 aromatic carbocycles. The number of benzene rings is 2. The zero-order valence-corrected chi connectivity index (χ0v) is 15.2. The summed E-state index contributed by atoms with van der Waals surface area (Å²) in [6, 6.07) is 17.5. The molecule has 0 atom stereocenters. The molecule has 2 aromatic heterocycles. The van der Waals surface area contributed by atoms with Gasteiger partial charge in [-0.15, -0.1) is 5.10 Å². The van der Waals surface area contributed by atoms with Gasteiger partial charge in [-0.3, -0.25) is 4.79 Å². The third kappa shape index (κ3) is 3.06. The van der Waals surface area contributed by atoms with Crippen molar-refractivity contribution in [3.8, 4) is 22.4 Å². The largest absolute Gasteiger partial charge is 0.370 e. The Hall–Kier alpha value is -3.54. The summed E-state index contributed by atoms with van der Waals surface area (Å²) in [5.41, 5.74) is 4.33. The molecule has 134 valence electrons. The third-order valence-electron chi connectivity index (χ3n) is 4.32. The van der Waals surface area contributed by atoms with Crippen molar-refractivity contribution in [1.29, 1.82) is 0 Å². The summed E-state index contributed by atoms with van der Waals surface area (Å²) < 4.78 is 1.75. The van der Waals surface area contributed by atoms with Gasteiger partial charge in [0.1, 0.15) is 17.9 Å². The predicted molar refractivity (Wildman–Crippen MR) is 106 cm³/mol. The quantitative estimate of drug-likeness (QED) is 0.546. The molecule has 4 aromatic rings. The van der Waals surface area contributed by atoms with E-state index in [-0.39, 0.29) is 0 Å². The van der Waals surface area contributed by atoms with Gasteiger partial charge in [-0.05, 0) is 19.4 Å². The fourth-order valence-corrected chi connectivity index (χ4v) is 3.14. The topological polar surface area (TPSA) is 72.2 Å². The van der Waals surface area contributed by atoms with Gasteiger partial charge in [-0.1, -0.05) is 54.6 Å². The van der Waals surface area contributed by atoms with E-state index in [1.54, 1.807) is 16.6 Å². The Balaban J connectivity index is 2.07. The molecular weight excluding hydrogens is 338 g/mol. The second-order valence-corrected chi connectivity index (χ2v) is 6.19. The average Bonchev–Trinajstić information content (AvgIpc) is 3.09. The lowest BCUT2D eigenvalue weighted by molar-refractivity contribution is 0.112. The van der Waals surface area contributed by atoms with Crippen LogP contribution in [0, 0.1) is 6.92 Å². The summed E-state index contributed by atoms with van der Waals surface area (Å²) in [7, 11) is 0. The maximum absolute atomic E-state index is 11.0. The first-order chi connectivity index (χ1) is 13.2. The molecule has 6 nitrogen and oxygen atoms in total. The van der Waals surface area contributed by atoms with Crippen LogP contribution < -0.4 is 5.32 Å². The molecule has 0 fully saturated rings. The Morgan fingerprint density at radius 1 is 1.00 bits per heavy atom. The first-order valence-corrected chi connectivity index (χ1v) is 8.83. The Kier molecular flexibility index (Phi) is 4.38. The zero-order valence-electron chi connectivity index (χ0n) is 15.2. The fourth-order valence-electron chi connectivity index (χ4n) is 3.14. The number of anilines is 1. The molecule has 0 amide bonds. The molecular formula is C21H19N5O. The van der Waals surface area contributed by atoms with Crippen molar-refractivity contribution < 1.29 is 4.79 Å². The van der Waals surface area contributed by atoms with Gasteiger partial charge in [0.15, 0.2) is 0 Å². The molecule has 0 aliphatic carbocycles. The van der Waals surface area contributed by atoms with Gasteiger partial charge in [0.05, 0.1) is 11.3 Å².